The van der Waals surface area contributed by atoms with Gasteiger partial charge in [0.2, 0.25) is 0 Å². The lowest BCUT2D eigenvalue weighted by Crippen LogP contribution is -2.30. The van der Waals surface area contributed by atoms with Crippen LogP contribution in [0.5, 0.6) is 0 Å². The van der Waals surface area contributed by atoms with Crippen LogP contribution < -0.4 is 5.32 Å². The molecule has 2 N–H and O–H groups in total. The summed E-state index contributed by atoms with van der Waals surface area (Å²) in [5.41, 5.74) is 2.37. The van der Waals surface area contributed by atoms with Crippen LogP contribution in [-0.2, 0) is 17.7 Å². The number of rotatable bonds is 5. The second kappa shape index (κ2) is 6.01. The second-order valence-corrected chi connectivity index (χ2v) is 6.67. The molecule has 0 radical (unpaired) electrons. The van der Waals surface area contributed by atoms with Gasteiger partial charge in [-0.05, 0) is 26.7 Å². The van der Waals surface area contributed by atoms with Gasteiger partial charge in [0.15, 0.2) is 5.69 Å². The summed E-state index contributed by atoms with van der Waals surface area (Å²) in [6.45, 7) is 5.19. The van der Waals surface area contributed by atoms with E-state index in [1.807, 2.05) is 18.4 Å². The van der Waals surface area contributed by atoms with Gasteiger partial charge in [-0.25, -0.2) is 0 Å². The van der Waals surface area contributed by atoms with Gasteiger partial charge in [0.05, 0.1) is 17.9 Å². The summed E-state index contributed by atoms with van der Waals surface area (Å²) in [7, 11) is 0. The van der Waals surface area contributed by atoms with Crippen LogP contribution >= 0.6 is 0 Å². The van der Waals surface area contributed by atoms with Crippen molar-refractivity contribution < 1.29 is 9.53 Å². The van der Waals surface area contributed by atoms with E-state index in [2.05, 4.69) is 25.7 Å². The highest BCUT2D eigenvalue weighted by Gasteiger charge is 2.30. The molecule has 0 unspecified atom stereocenters. The Bertz CT molecular complexity index is 748. The van der Waals surface area contributed by atoms with Crippen molar-refractivity contribution in [1.29, 1.82) is 0 Å². The van der Waals surface area contributed by atoms with E-state index in [1.165, 1.54) is 12.8 Å². The van der Waals surface area contributed by atoms with E-state index >= 15 is 0 Å². The number of hydrogen-bond donors (Lipinski definition) is 2. The maximum Gasteiger partial charge on any atom is 0.272 e. The van der Waals surface area contributed by atoms with Gasteiger partial charge in [-0.15, -0.1) is 10.2 Å². The molecule has 0 aromatic carbocycles. The first-order valence-electron chi connectivity index (χ1n) is 8.52. The molecule has 0 spiro atoms. The maximum atomic E-state index is 12.5. The van der Waals surface area contributed by atoms with Crippen LogP contribution in [0.15, 0.2) is 6.33 Å². The number of amides is 1. The standard InChI is InChI=1S/C16H22N6O2/c1-9-7-12-13(10(2)24-9)19-20-14(12)16(23)17-5-6-22-8-18-21-15(22)11-3-4-11/h8-11H,3-7H2,1-2H3,(H,17,23)(H,19,20)/t9-,10+/m1/s1. The zero-order chi connectivity index (χ0) is 16.7. The number of H-pyrrole nitrogens is 1. The van der Waals surface area contributed by atoms with Crippen LogP contribution in [0.25, 0.3) is 0 Å². The summed E-state index contributed by atoms with van der Waals surface area (Å²) >= 11 is 0. The predicted molar refractivity (Wildman–Crippen MR) is 85.6 cm³/mol. The fourth-order valence-corrected chi connectivity index (χ4v) is 3.33. The van der Waals surface area contributed by atoms with Crippen molar-refractivity contribution in [2.45, 2.75) is 57.8 Å². The van der Waals surface area contributed by atoms with Gasteiger partial charge < -0.3 is 14.6 Å². The molecule has 24 heavy (non-hydrogen) atoms. The number of fused-ring (bicyclic) bond motifs is 1. The Morgan fingerprint density at radius 1 is 1.46 bits per heavy atom. The fourth-order valence-electron chi connectivity index (χ4n) is 3.33. The van der Waals surface area contributed by atoms with Gasteiger partial charge >= 0.3 is 0 Å². The van der Waals surface area contributed by atoms with Gasteiger partial charge in [-0.3, -0.25) is 9.89 Å². The molecule has 0 bridgehead atoms. The molecule has 4 rings (SSSR count). The average Bonchev–Trinajstić information content (AvgIpc) is 3.12. The van der Waals surface area contributed by atoms with E-state index in [0.29, 0.717) is 31.1 Å². The minimum absolute atomic E-state index is 0.0593. The van der Waals surface area contributed by atoms with Gasteiger partial charge in [-0.2, -0.15) is 5.10 Å². The van der Waals surface area contributed by atoms with E-state index in [4.69, 9.17) is 4.74 Å². The quantitative estimate of drug-likeness (QED) is 0.862. The third-order valence-corrected chi connectivity index (χ3v) is 4.67. The SMILES string of the molecule is C[C@@H]1Cc2c(C(=O)NCCn3cnnc3C3CC3)n[nH]c2[C@H](C)O1. The van der Waals surface area contributed by atoms with Crippen LogP contribution in [0.2, 0.25) is 0 Å². The van der Waals surface area contributed by atoms with Crippen LogP contribution in [0.4, 0.5) is 0 Å². The number of aromatic nitrogens is 5. The summed E-state index contributed by atoms with van der Waals surface area (Å²) in [6.07, 6.45) is 4.84. The van der Waals surface area contributed by atoms with E-state index in [0.717, 1.165) is 17.1 Å². The van der Waals surface area contributed by atoms with Gasteiger partial charge in [0.25, 0.3) is 5.91 Å². The Hall–Kier alpha value is -2.22. The Balaban J connectivity index is 1.39. The summed E-state index contributed by atoms with van der Waals surface area (Å²) in [5.74, 6) is 1.43. The van der Waals surface area contributed by atoms with Gasteiger partial charge in [0.1, 0.15) is 12.2 Å². The Morgan fingerprint density at radius 2 is 2.29 bits per heavy atom. The summed E-state index contributed by atoms with van der Waals surface area (Å²) in [4.78, 5) is 12.5. The summed E-state index contributed by atoms with van der Waals surface area (Å²) < 4.78 is 7.78. The van der Waals surface area contributed by atoms with E-state index in [9.17, 15) is 4.79 Å². The van der Waals surface area contributed by atoms with Gasteiger partial charge in [-0.1, -0.05) is 0 Å². The molecule has 1 amide bonds. The zero-order valence-corrected chi connectivity index (χ0v) is 14.0. The molecule has 0 saturated heterocycles. The van der Waals surface area contributed by atoms with Crippen molar-refractivity contribution in [2.24, 2.45) is 0 Å². The Morgan fingerprint density at radius 3 is 3.08 bits per heavy atom. The van der Waals surface area contributed by atoms with Crippen molar-refractivity contribution in [2.75, 3.05) is 6.54 Å². The molecule has 2 atom stereocenters. The third-order valence-electron chi connectivity index (χ3n) is 4.67. The number of hydrogen-bond acceptors (Lipinski definition) is 5. The monoisotopic (exact) mass is 330 g/mol. The molecule has 3 heterocycles. The molecular weight excluding hydrogens is 308 g/mol. The maximum absolute atomic E-state index is 12.5. The van der Waals surface area contributed by atoms with Crippen LogP contribution in [0, 0.1) is 0 Å². The molecule has 2 aromatic rings. The van der Waals surface area contributed by atoms with Crippen LogP contribution in [-0.4, -0.2) is 43.5 Å². The van der Waals surface area contributed by atoms with Crippen LogP contribution in [0.1, 0.15) is 66.3 Å². The highest BCUT2D eigenvalue weighted by Crippen LogP contribution is 2.38. The number of carbonyl (C=O) groups is 1. The van der Waals surface area contributed by atoms with Crippen molar-refractivity contribution in [3.8, 4) is 0 Å². The minimum Gasteiger partial charge on any atom is -0.369 e. The average molecular weight is 330 g/mol. The smallest absolute Gasteiger partial charge is 0.272 e. The lowest BCUT2D eigenvalue weighted by molar-refractivity contribution is -0.00697. The van der Waals surface area contributed by atoms with Gasteiger partial charge in [0, 0.05) is 31.0 Å². The van der Waals surface area contributed by atoms with Crippen molar-refractivity contribution in [1.82, 2.24) is 30.3 Å². The van der Waals surface area contributed by atoms with Crippen LogP contribution in [0.3, 0.4) is 0 Å². The van der Waals surface area contributed by atoms with E-state index in [1.54, 1.807) is 6.33 Å². The highest BCUT2D eigenvalue weighted by atomic mass is 16.5. The Kier molecular flexibility index (Phi) is 3.84. The molecule has 8 heteroatoms. The first-order chi connectivity index (χ1) is 11.6. The molecule has 1 aliphatic carbocycles. The first kappa shape index (κ1) is 15.3. The molecule has 8 nitrogen and oxygen atoms in total. The van der Waals surface area contributed by atoms with Crippen molar-refractivity contribution >= 4 is 5.91 Å². The summed E-state index contributed by atoms with van der Waals surface area (Å²) in [6, 6.07) is 0. The molecule has 1 fully saturated rings. The molecular formula is C16H22N6O2. The minimum atomic E-state index is -0.144. The number of carbonyl (C=O) groups excluding carboxylic acids is 1. The number of nitrogens with zero attached hydrogens (tertiary/aromatic N) is 4. The molecule has 1 saturated carbocycles. The summed E-state index contributed by atoms with van der Waals surface area (Å²) in [5, 5.41) is 18.3. The molecule has 2 aromatic heterocycles. The zero-order valence-electron chi connectivity index (χ0n) is 14.0. The second-order valence-electron chi connectivity index (χ2n) is 6.67. The first-order valence-corrected chi connectivity index (χ1v) is 8.52. The number of ether oxygens (including phenoxy) is 1. The molecule has 1 aliphatic heterocycles. The molecule has 128 valence electrons. The van der Waals surface area contributed by atoms with Crippen molar-refractivity contribution in [3.63, 3.8) is 0 Å². The number of nitrogens with one attached hydrogen (secondary N) is 2. The highest BCUT2D eigenvalue weighted by molar-refractivity contribution is 5.94. The lowest BCUT2D eigenvalue weighted by atomic mass is 9.99. The topological polar surface area (TPSA) is 97.7 Å². The lowest BCUT2D eigenvalue weighted by Gasteiger charge is -2.25. The molecule has 2 aliphatic rings. The van der Waals surface area contributed by atoms with E-state index in [-0.39, 0.29) is 18.1 Å². The predicted octanol–water partition coefficient (Wildman–Crippen LogP) is 1.33. The van der Waals surface area contributed by atoms with E-state index < -0.39 is 0 Å². The third kappa shape index (κ3) is 2.82. The number of aromatic amines is 1. The Labute approximate surface area is 140 Å². The largest absolute Gasteiger partial charge is 0.369 e. The normalized spacial score (nSPS) is 23.1. The van der Waals surface area contributed by atoms with Crippen molar-refractivity contribution in [3.05, 3.63) is 29.1 Å². The fraction of sp³-hybridized carbons (Fsp3) is 0.625.